The Labute approximate surface area is 93.3 Å². The van der Waals surface area contributed by atoms with Crippen LogP contribution < -0.4 is 5.73 Å². The first-order valence-corrected chi connectivity index (χ1v) is 5.17. The molecule has 1 aromatic rings. The molecular formula is C14H21N. The number of aryl methyl sites for hydroxylation is 1. The fraction of sp³-hybridized carbons (Fsp3) is 0.286. The molecule has 2 N–H and O–H groups in total. The second-order valence-corrected chi connectivity index (χ2v) is 3.50. The van der Waals surface area contributed by atoms with Crippen molar-refractivity contribution < 1.29 is 0 Å². The molecular weight excluding hydrogens is 182 g/mol. The third-order valence-electron chi connectivity index (χ3n) is 1.81. The Balaban J connectivity index is 0.000000288. The molecule has 82 valence electrons. The summed E-state index contributed by atoms with van der Waals surface area (Å²) < 4.78 is 0. The van der Waals surface area contributed by atoms with Gasteiger partial charge < -0.3 is 5.73 Å². The zero-order chi connectivity index (χ0) is 11.7. The Bertz CT molecular complexity index is 294. The van der Waals surface area contributed by atoms with Crippen molar-refractivity contribution >= 4 is 6.08 Å². The molecule has 0 aromatic heterocycles. The van der Waals surface area contributed by atoms with Crippen LogP contribution >= 0.6 is 0 Å². The number of hydrogen-bond donors (Lipinski definition) is 1. The number of rotatable bonds is 2. The summed E-state index contributed by atoms with van der Waals surface area (Å²) in [6.45, 7) is 9.64. The van der Waals surface area contributed by atoms with E-state index in [0.29, 0.717) is 0 Å². The highest BCUT2D eigenvalue weighted by molar-refractivity contribution is 5.46. The molecule has 0 bridgehead atoms. The minimum atomic E-state index is 0.218. The third-order valence-corrected chi connectivity index (χ3v) is 1.81. The van der Waals surface area contributed by atoms with Crippen LogP contribution in [-0.4, -0.2) is 6.04 Å². The highest BCUT2D eigenvalue weighted by Gasteiger charge is 1.82. The largest absolute Gasteiger partial charge is 0.325 e. The summed E-state index contributed by atoms with van der Waals surface area (Å²) in [5.41, 5.74) is 7.79. The van der Waals surface area contributed by atoms with Crippen molar-refractivity contribution in [3.63, 3.8) is 0 Å². The first-order valence-electron chi connectivity index (χ1n) is 5.17. The maximum absolute atomic E-state index is 5.32. The molecule has 0 spiro atoms. The molecule has 15 heavy (non-hydrogen) atoms. The molecule has 1 heteroatoms. The quantitative estimate of drug-likeness (QED) is 0.731. The lowest BCUT2D eigenvalue weighted by Gasteiger charge is -1.91. The van der Waals surface area contributed by atoms with E-state index in [9.17, 15) is 0 Å². The van der Waals surface area contributed by atoms with Crippen LogP contribution in [-0.2, 0) is 0 Å². The average molecular weight is 203 g/mol. The minimum absolute atomic E-state index is 0.218. The molecule has 1 aromatic carbocycles. The van der Waals surface area contributed by atoms with Crippen molar-refractivity contribution in [2.24, 2.45) is 5.73 Å². The number of nitrogens with two attached hydrogens (primary N) is 1. The van der Waals surface area contributed by atoms with Gasteiger partial charge in [-0.3, -0.25) is 0 Å². The summed E-state index contributed by atoms with van der Waals surface area (Å²) in [7, 11) is 0. The van der Waals surface area contributed by atoms with Gasteiger partial charge in [0.1, 0.15) is 0 Å². The van der Waals surface area contributed by atoms with Gasteiger partial charge in [0.05, 0.1) is 0 Å². The topological polar surface area (TPSA) is 26.0 Å². The van der Waals surface area contributed by atoms with E-state index in [1.807, 2.05) is 32.1 Å². The van der Waals surface area contributed by atoms with Crippen LogP contribution in [0.2, 0.25) is 0 Å². The Kier molecular flexibility index (Phi) is 7.29. The lowest BCUT2D eigenvalue weighted by Crippen LogP contribution is -2.09. The Morgan fingerprint density at radius 1 is 1.27 bits per heavy atom. The smallest absolute Gasteiger partial charge is 0.0194 e. The van der Waals surface area contributed by atoms with Gasteiger partial charge in [0.2, 0.25) is 0 Å². The normalized spacial score (nSPS) is 11.7. The molecule has 1 rings (SSSR count). The maximum atomic E-state index is 5.32. The average Bonchev–Trinajstić information content (AvgIpc) is 2.20. The lowest BCUT2D eigenvalue weighted by atomic mass is 10.2. The molecule has 0 fully saturated rings. The van der Waals surface area contributed by atoms with E-state index in [2.05, 4.69) is 37.8 Å². The van der Waals surface area contributed by atoms with Crippen LogP contribution in [0.1, 0.15) is 25.0 Å². The third kappa shape index (κ3) is 7.71. The van der Waals surface area contributed by atoms with E-state index in [1.165, 1.54) is 11.1 Å². The fourth-order valence-electron chi connectivity index (χ4n) is 1.01. The molecule has 0 saturated carbocycles. The van der Waals surface area contributed by atoms with Crippen LogP contribution in [0.15, 0.2) is 43.0 Å². The number of allylic oxidation sites excluding steroid dienone is 1. The van der Waals surface area contributed by atoms with E-state index >= 15 is 0 Å². The van der Waals surface area contributed by atoms with Crippen LogP contribution in [0.3, 0.4) is 0 Å². The zero-order valence-electron chi connectivity index (χ0n) is 9.90. The Morgan fingerprint density at radius 2 is 1.80 bits per heavy atom. The Morgan fingerprint density at radius 3 is 2.07 bits per heavy atom. The minimum Gasteiger partial charge on any atom is -0.325 e. The van der Waals surface area contributed by atoms with E-state index in [-0.39, 0.29) is 6.04 Å². The van der Waals surface area contributed by atoms with Crippen molar-refractivity contribution in [1.29, 1.82) is 0 Å². The van der Waals surface area contributed by atoms with Crippen molar-refractivity contribution in [3.8, 4) is 0 Å². The second kappa shape index (κ2) is 8.01. The van der Waals surface area contributed by atoms with Gasteiger partial charge in [-0.1, -0.05) is 54.6 Å². The van der Waals surface area contributed by atoms with Crippen LogP contribution in [0.25, 0.3) is 6.08 Å². The monoisotopic (exact) mass is 203 g/mol. The van der Waals surface area contributed by atoms with E-state index in [0.717, 1.165) is 0 Å². The van der Waals surface area contributed by atoms with E-state index in [4.69, 9.17) is 5.73 Å². The molecule has 0 amide bonds. The summed E-state index contributed by atoms with van der Waals surface area (Å²) in [6.07, 6.45) is 5.74. The van der Waals surface area contributed by atoms with E-state index < -0.39 is 0 Å². The van der Waals surface area contributed by atoms with Crippen LogP contribution in [0, 0.1) is 6.92 Å². The van der Waals surface area contributed by atoms with Gasteiger partial charge in [-0.25, -0.2) is 0 Å². The molecule has 1 atom stereocenters. The van der Waals surface area contributed by atoms with Gasteiger partial charge in [0.25, 0.3) is 0 Å². The van der Waals surface area contributed by atoms with Gasteiger partial charge in [-0.05, 0) is 26.3 Å². The van der Waals surface area contributed by atoms with Crippen molar-refractivity contribution in [2.45, 2.75) is 26.8 Å². The summed E-state index contributed by atoms with van der Waals surface area (Å²) in [5, 5.41) is 0. The SMILES string of the molecule is C/C=C\C(C)N.C=Cc1ccc(C)cc1. The number of hydrogen-bond acceptors (Lipinski definition) is 1. The standard InChI is InChI=1S/C9H10.C5H11N/c1-3-9-6-4-8(2)5-7-9;1-3-4-5(2)6/h3-7H,1H2,2H3;3-5H,6H2,1-2H3/b;4-3-. The summed E-state index contributed by atoms with van der Waals surface area (Å²) in [5.74, 6) is 0. The highest BCUT2D eigenvalue weighted by Crippen LogP contribution is 2.02. The predicted octanol–water partition coefficient (Wildman–Crippen LogP) is 3.55. The molecule has 0 aliphatic carbocycles. The summed E-state index contributed by atoms with van der Waals surface area (Å²) in [4.78, 5) is 0. The van der Waals surface area contributed by atoms with E-state index in [1.54, 1.807) is 0 Å². The van der Waals surface area contributed by atoms with Crippen molar-refractivity contribution in [2.75, 3.05) is 0 Å². The summed E-state index contributed by atoms with van der Waals surface area (Å²) in [6, 6.07) is 8.49. The molecule has 1 unspecified atom stereocenters. The highest BCUT2D eigenvalue weighted by atomic mass is 14.6. The van der Waals surface area contributed by atoms with Crippen molar-refractivity contribution in [1.82, 2.24) is 0 Å². The van der Waals surface area contributed by atoms with Gasteiger partial charge >= 0.3 is 0 Å². The molecule has 0 aliphatic rings. The molecule has 1 nitrogen and oxygen atoms in total. The number of benzene rings is 1. The predicted molar refractivity (Wildman–Crippen MR) is 69.7 cm³/mol. The Hall–Kier alpha value is -1.34. The zero-order valence-corrected chi connectivity index (χ0v) is 9.90. The first kappa shape index (κ1) is 13.7. The first-order chi connectivity index (χ1) is 7.10. The maximum Gasteiger partial charge on any atom is 0.0194 e. The summed E-state index contributed by atoms with van der Waals surface area (Å²) >= 11 is 0. The van der Waals surface area contributed by atoms with Crippen LogP contribution in [0.4, 0.5) is 0 Å². The van der Waals surface area contributed by atoms with Gasteiger partial charge in [0.15, 0.2) is 0 Å². The van der Waals surface area contributed by atoms with Crippen LogP contribution in [0.5, 0.6) is 0 Å². The van der Waals surface area contributed by atoms with Crippen molar-refractivity contribution in [3.05, 3.63) is 54.1 Å². The lowest BCUT2D eigenvalue weighted by molar-refractivity contribution is 0.924. The van der Waals surface area contributed by atoms with Gasteiger partial charge in [-0.15, -0.1) is 0 Å². The van der Waals surface area contributed by atoms with Gasteiger partial charge in [-0.2, -0.15) is 0 Å². The molecule has 0 radical (unpaired) electrons. The molecule has 0 saturated heterocycles. The molecule has 0 heterocycles. The van der Waals surface area contributed by atoms with Gasteiger partial charge in [0, 0.05) is 6.04 Å². The fourth-order valence-corrected chi connectivity index (χ4v) is 1.01. The second-order valence-electron chi connectivity index (χ2n) is 3.50. The molecule has 0 aliphatic heterocycles.